The fourth-order valence-electron chi connectivity index (χ4n) is 3.19. The maximum Gasteiger partial charge on any atom is 0.331 e. The van der Waals surface area contributed by atoms with Gasteiger partial charge in [0.25, 0.3) is 0 Å². The maximum absolute atomic E-state index is 13.1. The third kappa shape index (κ3) is 5.94. The van der Waals surface area contributed by atoms with Crippen LogP contribution in [0.2, 0.25) is 0 Å². The number of methoxy groups -OCH3 is 1. The highest BCUT2D eigenvalue weighted by molar-refractivity contribution is 6.11. The van der Waals surface area contributed by atoms with Gasteiger partial charge in [-0.05, 0) is 40.3 Å². The van der Waals surface area contributed by atoms with Crippen LogP contribution in [0.4, 0.5) is 0 Å². The maximum atomic E-state index is 13.1. The summed E-state index contributed by atoms with van der Waals surface area (Å²) in [5.41, 5.74) is 3.81. The average Bonchev–Trinajstić information content (AvgIpc) is 2.81. The van der Waals surface area contributed by atoms with Crippen molar-refractivity contribution in [1.82, 2.24) is 0 Å². The average molecular weight is 429 g/mol. The van der Waals surface area contributed by atoms with Crippen LogP contribution < -0.4 is 4.74 Å². The van der Waals surface area contributed by atoms with E-state index in [1.54, 1.807) is 37.5 Å². The van der Waals surface area contributed by atoms with Crippen LogP contribution in [-0.4, -0.2) is 18.9 Å². The van der Waals surface area contributed by atoms with E-state index in [9.17, 15) is 9.59 Å². The Labute approximate surface area is 189 Å². The molecule has 0 aromatic heterocycles. The van der Waals surface area contributed by atoms with Crippen molar-refractivity contribution >= 4 is 17.8 Å². The van der Waals surface area contributed by atoms with Gasteiger partial charge < -0.3 is 9.47 Å². The summed E-state index contributed by atoms with van der Waals surface area (Å²) in [5.74, 6) is 0.0246. The summed E-state index contributed by atoms with van der Waals surface area (Å²) in [6, 6.07) is 22.3. The van der Waals surface area contributed by atoms with Crippen LogP contribution in [-0.2, 0) is 21.6 Å². The third-order valence-electron chi connectivity index (χ3n) is 5.12. The zero-order valence-corrected chi connectivity index (χ0v) is 18.9. The van der Waals surface area contributed by atoms with Crippen LogP contribution >= 0.6 is 0 Å². The van der Waals surface area contributed by atoms with Crippen molar-refractivity contribution in [2.24, 2.45) is 0 Å². The van der Waals surface area contributed by atoms with Gasteiger partial charge in [-0.25, -0.2) is 4.79 Å². The summed E-state index contributed by atoms with van der Waals surface area (Å²) in [4.78, 5) is 25.1. The van der Waals surface area contributed by atoms with Crippen molar-refractivity contribution < 1.29 is 19.1 Å². The molecule has 0 unspecified atom stereocenters. The minimum Gasteiger partial charge on any atom is -0.496 e. The van der Waals surface area contributed by atoms with Gasteiger partial charge in [-0.15, -0.1) is 0 Å². The summed E-state index contributed by atoms with van der Waals surface area (Å²) < 4.78 is 10.7. The Kier molecular flexibility index (Phi) is 7.26. The van der Waals surface area contributed by atoms with Gasteiger partial charge in [0.05, 0.1) is 12.7 Å². The standard InChI is InChI=1S/C28H28O4/c1-28(2,3)23-15-16-25(31-4)24(18-23)27(30)22-13-10-20(11-14-22)12-17-26(29)32-19-21-8-6-5-7-9-21/h5-18H,19H2,1-4H3/b17-12+. The molecule has 164 valence electrons. The molecule has 4 nitrogen and oxygen atoms in total. The van der Waals surface area contributed by atoms with E-state index in [-0.39, 0.29) is 17.8 Å². The van der Waals surface area contributed by atoms with Crippen molar-refractivity contribution in [2.75, 3.05) is 7.11 Å². The molecule has 0 fully saturated rings. The van der Waals surface area contributed by atoms with Crippen LogP contribution in [0, 0.1) is 0 Å². The molecule has 0 radical (unpaired) electrons. The Balaban J connectivity index is 1.69. The first-order valence-corrected chi connectivity index (χ1v) is 10.5. The molecular weight excluding hydrogens is 400 g/mol. The number of hydrogen-bond donors (Lipinski definition) is 0. The summed E-state index contributed by atoms with van der Waals surface area (Å²) in [5, 5.41) is 0. The number of carbonyl (C=O) groups excluding carboxylic acids is 2. The van der Waals surface area contributed by atoms with Crippen molar-refractivity contribution in [3.8, 4) is 5.75 Å². The van der Waals surface area contributed by atoms with Gasteiger partial charge in [0.2, 0.25) is 0 Å². The topological polar surface area (TPSA) is 52.6 Å². The monoisotopic (exact) mass is 428 g/mol. The van der Waals surface area contributed by atoms with Gasteiger partial charge >= 0.3 is 5.97 Å². The van der Waals surface area contributed by atoms with Crippen LogP contribution in [0.3, 0.4) is 0 Å². The zero-order chi connectivity index (χ0) is 23.1. The van der Waals surface area contributed by atoms with Crippen LogP contribution in [0.25, 0.3) is 6.08 Å². The number of ether oxygens (including phenoxy) is 2. The Bertz CT molecular complexity index is 1100. The highest BCUT2D eigenvalue weighted by atomic mass is 16.5. The van der Waals surface area contributed by atoms with Crippen LogP contribution in [0.15, 0.2) is 78.9 Å². The van der Waals surface area contributed by atoms with E-state index in [0.717, 1.165) is 16.7 Å². The second-order valence-electron chi connectivity index (χ2n) is 8.54. The van der Waals surface area contributed by atoms with Crippen LogP contribution in [0.1, 0.15) is 53.4 Å². The highest BCUT2D eigenvalue weighted by Gasteiger charge is 2.20. The summed E-state index contributed by atoms with van der Waals surface area (Å²) in [7, 11) is 1.56. The molecule has 0 aliphatic heterocycles. The molecule has 0 bridgehead atoms. The molecule has 0 aliphatic rings. The lowest BCUT2D eigenvalue weighted by Crippen LogP contribution is -2.13. The van der Waals surface area contributed by atoms with Crippen molar-refractivity contribution in [3.05, 3.63) is 107 Å². The second kappa shape index (κ2) is 10.1. The second-order valence-corrected chi connectivity index (χ2v) is 8.54. The molecule has 0 saturated carbocycles. The molecule has 32 heavy (non-hydrogen) atoms. The van der Waals surface area contributed by atoms with Crippen LogP contribution in [0.5, 0.6) is 5.75 Å². The van der Waals surface area contributed by atoms with Gasteiger partial charge in [0.15, 0.2) is 5.78 Å². The summed E-state index contributed by atoms with van der Waals surface area (Å²) in [6.07, 6.45) is 3.05. The number of benzene rings is 3. The number of esters is 1. The van der Waals surface area contributed by atoms with E-state index in [0.29, 0.717) is 16.9 Å². The minimum atomic E-state index is -0.419. The zero-order valence-electron chi connectivity index (χ0n) is 18.9. The molecule has 3 aromatic carbocycles. The molecule has 0 N–H and O–H groups in total. The minimum absolute atomic E-state index is 0.0783. The van der Waals surface area contributed by atoms with E-state index < -0.39 is 5.97 Å². The Morgan fingerprint density at radius 2 is 1.59 bits per heavy atom. The van der Waals surface area contributed by atoms with Crippen molar-refractivity contribution in [2.45, 2.75) is 32.8 Å². The van der Waals surface area contributed by atoms with Crippen molar-refractivity contribution in [3.63, 3.8) is 0 Å². The third-order valence-corrected chi connectivity index (χ3v) is 5.12. The molecule has 0 atom stereocenters. The predicted octanol–water partition coefficient (Wildman–Crippen LogP) is 5.98. The van der Waals surface area contributed by atoms with E-state index in [1.165, 1.54) is 6.08 Å². The Morgan fingerprint density at radius 3 is 2.22 bits per heavy atom. The largest absolute Gasteiger partial charge is 0.496 e. The lowest BCUT2D eigenvalue weighted by Gasteiger charge is -2.20. The Morgan fingerprint density at radius 1 is 0.906 bits per heavy atom. The van der Waals surface area contributed by atoms with E-state index in [1.807, 2.05) is 48.5 Å². The molecule has 0 aliphatic carbocycles. The van der Waals surface area contributed by atoms with E-state index >= 15 is 0 Å². The molecule has 4 heteroatoms. The first kappa shape index (κ1) is 23.0. The molecular formula is C28H28O4. The fourth-order valence-corrected chi connectivity index (χ4v) is 3.19. The molecule has 0 saturated heterocycles. The SMILES string of the molecule is COc1ccc(C(C)(C)C)cc1C(=O)c1ccc(/C=C/C(=O)OCc2ccccc2)cc1. The summed E-state index contributed by atoms with van der Waals surface area (Å²) in [6.45, 7) is 6.55. The number of hydrogen-bond acceptors (Lipinski definition) is 4. The fraction of sp³-hybridized carbons (Fsp3) is 0.214. The lowest BCUT2D eigenvalue weighted by molar-refractivity contribution is -0.138. The number of rotatable bonds is 7. The van der Waals surface area contributed by atoms with E-state index in [4.69, 9.17) is 9.47 Å². The first-order chi connectivity index (χ1) is 15.3. The summed E-state index contributed by atoms with van der Waals surface area (Å²) >= 11 is 0. The molecule has 0 heterocycles. The molecule has 0 spiro atoms. The normalized spacial score (nSPS) is 11.4. The van der Waals surface area contributed by atoms with Gasteiger partial charge in [-0.1, -0.05) is 81.4 Å². The van der Waals surface area contributed by atoms with Crippen molar-refractivity contribution in [1.29, 1.82) is 0 Å². The van der Waals surface area contributed by atoms with Gasteiger partial charge in [0, 0.05) is 11.6 Å². The highest BCUT2D eigenvalue weighted by Crippen LogP contribution is 2.29. The first-order valence-electron chi connectivity index (χ1n) is 10.5. The number of ketones is 1. The molecule has 3 aromatic rings. The quantitative estimate of drug-likeness (QED) is 0.264. The smallest absolute Gasteiger partial charge is 0.331 e. The molecule has 0 amide bonds. The van der Waals surface area contributed by atoms with Gasteiger partial charge in [0.1, 0.15) is 12.4 Å². The predicted molar refractivity (Wildman–Crippen MR) is 127 cm³/mol. The molecule has 3 rings (SSSR count). The number of carbonyl (C=O) groups is 2. The van der Waals surface area contributed by atoms with Gasteiger partial charge in [-0.3, -0.25) is 4.79 Å². The Hall–Kier alpha value is -3.66. The lowest BCUT2D eigenvalue weighted by atomic mass is 9.85. The van der Waals surface area contributed by atoms with Gasteiger partial charge in [-0.2, -0.15) is 0 Å². The van der Waals surface area contributed by atoms with E-state index in [2.05, 4.69) is 20.8 Å².